The second kappa shape index (κ2) is 7.04. The van der Waals surface area contributed by atoms with Gasteiger partial charge >= 0.3 is 0 Å². The van der Waals surface area contributed by atoms with Gasteiger partial charge in [-0.3, -0.25) is 9.59 Å². The minimum absolute atomic E-state index is 0.0429. The first-order valence-corrected chi connectivity index (χ1v) is 8.54. The number of rotatable bonds is 4. The second-order valence-corrected chi connectivity index (χ2v) is 6.90. The van der Waals surface area contributed by atoms with Crippen LogP contribution in [0.3, 0.4) is 0 Å². The van der Waals surface area contributed by atoms with Gasteiger partial charge in [-0.05, 0) is 13.8 Å². The van der Waals surface area contributed by atoms with Crippen LogP contribution in [0.25, 0.3) is 0 Å². The predicted molar refractivity (Wildman–Crippen MR) is 90.1 cm³/mol. The number of nitrogens with one attached hydrogen (secondary N) is 2. The molecule has 0 bridgehead atoms. The molecule has 3 rings (SSSR count). The van der Waals surface area contributed by atoms with Crippen molar-refractivity contribution < 1.29 is 4.79 Å². The molecule has 2 aromatic heterocycles. The van der Waals surface area contributed by atoms with Gasteiger partial charge in [-0.1, -0.05) is 11.8 Å². The van der Waals surface area contributed by atoms with Gasteiger partial charge in [-0.2, -0.15) is 10.1 Å². The van der Waals surface area contributed by atoms with Crippen LogP contribution in [0.4, 0.5) is 5.95 Å². The third-order valence-corrected chi connectivity index (χ3v) is 4.75. The van der Waals surface area contributed by atoms with E-state index in [0.29, 0.717) is 37.0 Å². The maximum absolute atomic E-state index is 12.6. The summed E-state index contributed by atoms with van der Waals surface area (Å²) in [7, 11) is 0. The smallest absolute Gasteiger partial charge is 0.251 e. The van der Waals surface area contributed by atoms with E-state index in [-0.39, 0.29) is 16.7 Å². The molecule has 0 radical (unpaired) electrons. The van der Waals surface area contributed by atoms with Crippen LogP contribution >= 0.6 is 11.8 Å². The third-order valence-electron chi connectivity index (χ3n) is 3.78. The fourth-order valence-corrected chi connectivity index (χ4v) is 3.51. The van der Waals surface area contributed by atoms with E-state index in [2.05, 4.69) is 30.0 Å². The van der Waals surface area contributed by atoms with Gasteiger partial charge in [0.15, 0.2) is 5.16 Å². The number of H-pyrrole nitrogens is 2. The molecule has 2 N–H and O–H groups in total. The van der Waals surface area contributed by atoms with Crippen molar-refractivity contribution in [3.63, 3.8) is 0 Å². The van der Waals surface area contributed by atoms with Crippen LogP contribution in [0.2, 0.25) is 0 Å². The first-order valence-electron chi connectivity index (χ1n) is 7.66. The number of piperazine rings is 1. The Morgan fingerprint density at radius 3 is 2.71 bits per heavy atom. The highest BCUT2D eigenvalue weighted by Crippen LogP contribution is 2.21. The summed E-state index contributed by atoms with van der Waals surface area (Å²) in [5, 5.41) is 6.84. The summed E-state index contributed by atoms with van der Waals surface area (Å²) in [4.78, 5) is 39.0. The molecule has 0 spiro atoms. The number of aryl methyl sites for hydroxylation is 1. The monoisotopic (exact) mass is 349 g/mol. The van der Waals surface area contributed by atoms with Crippen molar-refractivity contribution in [2.75, 3.05) is 31.1 Å². The number of nitrogens with zero attached hydrogens (tertiary/aromatic N) is 5. The van der Waals surface area contributed by atoms with E-state index in [4.69, 9.17) is 0 Å². The highest BCUT2D eigenvalue weighted by Gasteiger charge is 2.26. The largest absolute Gasteiger partial charge is 0.338 e. The van der Waals surface area contributed by atoms with Crippen molar-refractivity contribution in [1.82, 2.24) is 30.0 Å². The Labute approximate surface area is 142 Å². The van der Waals surface area contributed by atoms with Crippen molar-refractivity contribution in [3.8, 4) is 0 Å². The molecule has 2 aromatic rings. The average Bonchev–Trinajstić information content (AvgIpc) is 3.07. The molecule has 10 heteroatoms. The van der Waals surface area contributed by atoms with Crippen molar-refractivity contribution in [2.24, 2.45) is 0 Å². The fraction of sp³-hybridized carbons (Fsp3) is 0.500. The Morgan fingerprint density at radius 1 is 1.33 bits per heavy atom. The highest BCUT2D eigenvalue weighted by molar-refractivity contribution is 8.00. The Morgan fingerprint density at radius 2 is 2.08 bits per heavy atom. The van der Waals surface area contributed by atoms with Gasteiger partial charge in [0.1, 0.15) is 6.33 Å². The second-order valence-electron chi connectivity index (χ2n) is 5.57. The molecule has 1 saturated heterocycles. The van der Waals surface area contributed by atoms with E-state index in [1.807, 2.05) is 11.8 Å². The Bertz CT molecular complexity index is 753. The van der Waals surface area contributed by atoms with Crippen LogP contribution in [0, 0.1) is 6.92 Å². The van der Waals surface area contributed by atoms with Crippen LogP contribution in [0.15, 0.2) is 22.3 Å². The van der Waals surface area contributed by atoms with Gasteiger partial charge in [-0.15, -0.1) is 0 Å². The standard InChI is InChI=1S/C14H19N7O2S/c1-9-7-11(22)18-14(17-9)24-10(2)12(23)20-3-5-21(6-4-20)13-15-8-16-19-13/h7-8,10H,3-6H2,1-2H3,(H,15,16,19)(H,17,18,22)/t10-/m1/s1. The third kappa shape index (κ3) is 3.75. The molecule has 0 aliphatic carbocycles. The van der Waals surface area contributed by atoms with Gasteiger partial charge in [-0.25, -0.2) is 10.1 Å². The minimum Gasteiger partial charge on any atom is -0.338 e. The molecule has 1 aliphatic heterocycles. The summed E-state index contributed by atoms with van der Waals surface area (Å²) in [6, 6.07) is 1.43. The van der Waals surface area contributed by atoms with Gasteiger partial charge < -0.3 is 14.8 Å². The number of hydrogen-bond donors (Lipinski definition) is 2. The number of aromatic nitrogens is 5. The zero-order chi connectivity index (χ0) is 17.1. The molecule has 9 nitrogen and oxygen atoms in total. The topological polar surface area (TPSA) is 111 Å². The lowest BCUT2D eigenvalue weighted by Crippen LogP contribution is -2.51. The summed E-state index contributed by atoms with van der Waals surface area (Å²) in [5.74, 6) is 0.771. The van der Waals surface area contributed by atoms with Crippen LogP contribution < -0.4 is 10.5 Å². The molecular weight excluding hydrogens is 330 g/mol. The van der Waals surface area contributed by atoms with Crippen LogP contribution in [0.1, 0.15) is 12.6 Å². The Kier molecular flexibility index (Phi) is 4.84. The SMILES string of the molecule is Cc1cc(=O)[nH]c(S[C@H](C)C(=O)N2CCN(c3ncn[nH]3)CC2)n1. The van der Waals surface area contributed by atoms with E-state index < -0.39 is 0 Å². The van der Waals surface area contributed by atoms with Crippen LogP contribution in [0.5, 0.6) is 0 Å². The quantitative estimate of drug-likeness (QED) is 0.591. The highest BCUT2D eigenvalue weighted by atomic mass is 32.2. The van der Waals surface area contributed by atoms with E-state index in [1.165, 1.54) is 24.2 Å². The first kappa shape index (κ1) is 16.5. The lowest BCUT2D eigenvalue weighted by Gasteiger charge is -2.35. The normalized spacial score (nSPS) is 16.2. The first-order chi connectivity index (χ1) is 11.5. The van der Waals surface area contributed by atoms with Gasteiger partial charge in [0.2, 0.25) is 11.9 Å². The molecule has 24 heavy (non-hydrogen) atoms. The molecule has 0 unspecified atom stereocenters. The zero-order valence-electron chi connectivity index (χ0n) is 13.5. The van der Waals surface area contributed by atoms with Crippen LogP contribution in [-0.4, -0.2) is 67.4 Å². The van der Waals surface area contributed by atoms with Crippen LogP contribution in [-0.2, 0) is 4.79 Å². The Hall–Kier alpha value is -2.36. The molecule has 1 amide bonds. The summed E-state index contributed by atoms with van der Waals surface area (Å²) in [6.07, 6.45) is 1.47. The molecular formula is C14H19N7O2S. The van der Waals surface area contributed by atoms with Gasteiger partial charge in [0.05, 0.1) is 5.25 Å². The maximum Gasteiger partial charge on any atom is 0.251 e. The van der Waals surface area contributed by atoms with Crippen molar-refractivity contribution in [1.29, 1.82) is 0 Å². The molecule has 128 valence electrons. The fourth-order valence-electron chi connectivity index (χ4n) is 2.57. The molecule has 3 heterocycles. The molecule has 0 saturated carbocycles. The lowest BCUT2D eigenvalue weighted by atomic mass is 10.3. The molecule has 1 aliphatic rings. The van der Waals surface area contributed by atoms with E-state index >= 15 is 0 Å². The number of carbonyl (C=O) groups is 1. The molecule has 1 atom stereocenters. The lowest BCUT2D eigenvalue weighted by molar-refractivity contribution is -0.130. The van der Waals surface area contributed by atoms with E-state index in [9.17, 15) is 9.59 Å². The summed E-state index contributed by atoms with van der Waals surface area (Å²) >= 11 is 1.27. The predicted octanol–water partition coefficient (Wildman–Crippen LogP) is 0.0258. The van der Waals surface area contributed by atoms with Crippen molar-refractivity contribution >= 4 is 23.6 Å². The van der Waals surface area contributed by atoms with Gasteiger partial charge in [0, 0.05) is 37.9 Å². The molecule has 0 aromatic carbocycles. The number of anilines is 1. The number of hydrogen-bond acceptors (Lipinski definition) is 7. The summed E-state index contributed by atoms with van der Waals surface area (Å²) < 4.78 is 0. The van der Waals surface area contributed by atoms with E-state index in [1.54, 1.807) is 6.92 Å². The molecule has 1 fully saturated rings. The number of amides is 1. The number of aromatic amines is 2. The minimum atomic E-state index is -0.313. The average molecular weight is 349 g/mol. The van der Waals surface area contributed by atoms with Gasteiger partial charge in [0.25, 0.3) is 5.56 Å². The Balaban J connectivity index is 1.57. The maximum atomic E-state index is 12.6. The van der Waals surface area contributed by atoms with Crippen molar-refractivity contribution in [3.05, 3.63) is 28.4 Å². The number of thioether (sulfide) groups is 1. The van der Waals surface area contributed by atoms with Crippen molar-refractivity contribution in [2.45, 2.75) is 24.3 Å². The zero-order valence-corrected chi connectivity index (χ0v) is 14.3. The summed E-state index contributed by atoms with van der Waals surface area (Å²) in [6.45, 7) is 6.26. The number of carbonyl (C=O) groups excluding carboxylic acids is 1. The van der Waals surface area contributed by atoms with E-state index in [0.717, 1.165) is 5.95 Å². The summed E-state index contributed by atoms with van der Waals surface area (Å²) in [5.41, 5.74) is 0.437.